The fraction of sp³-hybridized carbons (Fsp3) is 0.130. The normalized spacial score (nSPS) is 11.4. The average Bonchev–Trinajstić information content (AvgIpc) is 3.13. The summed E-state index contributed by atoms with van der Waals surface area (Å²) >= 11 is 0. The molecule has 0 aliphatic carbocycles. The number of fused-ring (bicyclic) bond motifs is 3. The first-order valence-electron chi connectivity index (χ1n) is 9.52. The lowest BCUT2D eigenvalue weighted by molar-refractivity contribution is -0.119. The number of carbonyl (C=O) groups excluding carboxylic acids is 2. The van der Waals surface area contributed by atoms with Gasteiger partial charge in [0.25, 0.3) is 5.91 Å². The second kappa shape index (κ2) is 8.35. The van der Waals surface area contributed by atoms with Crippen LogP contribution < -0.4 is 10.1 Å². The van der Waals surface area contributed by atoms with E-state index in [0.717, 1.165) is 17.0 Å². The summed E-state index contributed by atoms with van der Waals surface area (Å²) in [5, 5.41) is 4.40. The molecule has 0 aliphatic rings. The summed E-state index contributed by atoms with van der Waals surface area (Å²) in [6.45, 7) is -0.566. The lowest BCUT2D eigenvalue weighted by atomic mass is 10.1. The van der Waals surface area contributed by atoms with Crippen molar-refractivity contribution in [2.75, 3.05) is 25.3 Å². The van der Waals surface area contributed by atoms with Gasteiger partial charge in [-0.3, -0.25) is 4.79 Å². The summed E-state index contributed by atoms with van der Waals surface area (Å²) in [5.41, 5.74) is 1.66. The van der Waals surface area contributed by atoms with E-state index < -0.39 is 28.3 Å². The van der Waals surface area contributed by atoms with E-state index in [2.05, 4.69) is 5.32 Å². The van der Waals surface area contributed by atoms with Crippen molar-refractivity contribution in [2.24, 2.45) is 0 Å². The fourth-order valence-electron chi connectivity index (χ4n) is 3.27. The van der Waals surface area contributed by atoms with Crippen molar-refractivity contribution in [3.05, 3.63) is 66.2 Å². The van der Waals surface area contributed by atoms with E-state index >= 15 is 0 Å². The smallest absolute Gasteiger partial charge is 0.338 e. The predicted molar refractivity (Wildman–Crippen MR) is 119 cm³/mol. The molecule has 1 amide bonds. The number of hydrogen-bond donors (Lipinski definition) is 1. The molecule has 4 aromatic rings. The number of carbonyl (C=O) groups is 2. The summed E-state index contributed by atoms with van der Waals surface area (Å²) < 4.78 is 39.6. The standard InChI is InChI=1S/C23H19NO7S/c1-29-21-11-17-16-8-3-4-9-19(16)31-20(17)12-18(21)24-22(25)13-30-23(26)14-6-5-7-15(10-14)32(2,27)28/h3-12H,13H2,1-2H3,(H,24,25). The third-order valence-corrected chi connectivity index (χ3v) is 5.92. The lowest BCUT2D eigenvalue weighted by Gasteiger charge is -2.11. The van der Waals surface area contributed by atoms with E-state index in [9.17, 15) is 18.0 Å². The zero-order valence-electron chi connectivity index (χ0n) is 17.2. The van der Waals surface area contributed by atoms with Crippen molar-refractivity contribution in [3.63, 3.8) is 0 Å². The van der Waals surface area contributed by atoms with E-state index in [1.54, 1.807) is 12.1 Å². The Labute approximate surface area is 183 Å². The molecule has 0 spiro atoms. The molecule has 8 nitrogen and oxygen atoms in total. The van der Waals surface area contributed by atoms with Crippen LogP contribution in [0.5, 0.6) is 5.75 Å². The molecule has 9 heteroatoms. The van der Waals surface area contributed by atoms with Crippen LogP contribution in [0.4, 0.5) is 5.69 Å². The number of furan rings is 1. The number of hydrogen-bond acceptors (Lipinski definition) is 7. The molecule has 4 rings (SSSR count). The quantitative estimate of drug-likeness (QED) is 0.442. The molecule has 3 aromatic carbocycles. The van der Waals surface area contributed by atoms with Crippen LogP contribution in [-0.4, -0.2) is 40.3 Å². The number of ether oxygens (including phenoxy) is 2. The maximum absolute atomic E-state index is 12.4. The number of esters is 1. The largest absolute Gasteiger partial charge is 0.495 e. The first kappa shape index (κ1) is 21.4. The van der Waals surface area contributed by atoms with Gasteiger partial charge in [-0.25, -0.2) is 13.2 Å². The number of rotatable bonds is 6. The first-order valence-corrected chi connectivity index (χ1v) is 11.4. The minimum atomic E-state index is -3.48. The van der Waals surface area contributed by atoms with Gasteiger partial charge in [0, 0.05) is 23.1 Å². The highest BCUT2D eigenvalue weighted by Crippen LogP contribution is 2.36. The second-order valence-corrected chi connectivity index (χ2v) is 9.09. The van der Waals surface area contributed by atoms with Crippen LogP contribution in [0.3, 0.4) is 0 Å². The average molecular weight is 453 g/mol. The van der Waals surface area contributed by atoms with Crippen molar-refractivity contribution in [1.29, 1.82) is 0 Å². The minimum Gasteiger partial charge on any atom is -0.495 e. The molecular formula is C23H19NO7S. The molecule has 1 heterocycles. The molecule has 0 saturated carbocycles. The summed E-state index contributed by atoms with van der Waals surface area (Å²) in [7, 11) is -2.00. The molecule has 0 aliphatic heterocycles. The predicted octanol–water partition coefficient (Wildman–Crippen LogP) is 3.79. The Balaban J connectivity index is 1.49. The van der Waals surface area contributed by atoms with E-state index in [0.29, 0.717) is 22.6 Å². The van der Waals surface area contributed by atoms with E-state index in [1.165, 1.54) is 31.4 Å². The molecule has 1 aromatic heterocycles. The zero-order chi connectivity index (χ0) is 22.9. The van der Waals surface area contributed by atoms with Gasteiger partial charge in [-0.05, 0) is 30.3 Å². The van der Waals surface area contributed by atoms with Crippen molar-refractivity contribution in [1.82, 2.24) is 0 Å². The molecular weight excluding hydrogens is 434 g/mol. The molecule has 1 N–H and O–H groups in total. The van der Waals surface area contributed by atoms with Crippen LogP contribution in [0, 0.1) is 0 Å². The summed E-state index contributed by atoms with van der Waals surface area (Å²) in [4.78, 5) is 24.6. The van der Waals surface area contributed by atoms with Crippen molar-refractivity contribution < 1.29 is 31.9 Å². The second-order valence-electron chi connectivity index (χ2n) is 7.07. The maximum Gasteiger partial charge on any atom is 0.338 e. The Kier molecular flexibility index (Phi) is 5.58. The Hall–Kier alpha value is -3.85. The van der Waals surface area contributed by atoms with Gasteiger partial charge in [0.15, 0.2) is 16.4 Å². The Morgan fingerprint density at radius 1 is 0.969 bits per heavy atom. The van der Waals surface area contributed by atoms with Crippen LogP contribution in [0.25, 0.3) is 21.9 Å². The van der Waals surface area contributed by atoms with Gasteiger partial charge in [-0.2, -0.15) is 0 Å². The molecule has 32 heavy (non-hydrogen) atoms. The van der Waals surface area contributed by atoms with Gasteiger partial charge >= 0.3 is 5.97 Å². The van der Waals surface area contributed by atoms with Crippen molar-refractivity contribution in [3.8, 4) is 5.75 Å². The lowest BCUT2D eigenvalue weighted by Crippen LogP contribution is -2.21. The number of benzene rings is 3. The minimum absolute atomic E-state index is 0.0136. The SMILES string of the molecule is COc1cc2c(cc1NC(=O)COC(=O)c1cccc(S(C)(=O)=O)c1)oc1ccccc12. The van der Waals surface area contributed by atoms with Gasteiger partial charge in [0.2, 0.25) is 0 Å². The molecule has 0 atom stereocenters. The number of methoxy groups -OCH3 is 1. The molecule has 0 unspecified atom stereocenters. The number of sulfone groups is 1. The van der Waals surface area contributed by atoms with Crippen molar-refractivity contribution in [2.45, 2.75) is 4.90 Å². The van der Waals surface area contributed by atoms with E-state index in [4.69, 9.17) is 13.9 Å². The number of para-hydroxylation sites is 1. The van der Waals surface area contributed by atoms with Gasteiger partial charge in [0.05, 0.1) is 23.3 Å². The Bertz CT molecular complexity index is 1450. The number of amides is 1. The van der Waals surface area contributed by atoms with E-state index in [-0.39, 0.29) is 10.5 Å². The first-order chi connectivity index (χ1) is 15.3. The van der Waals surface area contributed by atoms with Crippen LogP contribution in [-0.2, 0) is 19.4 Å². The van der Waals surface area contributed by atoms with E-state index in [1.807, 2.05) is 24.3 Å². The molecule has 0 radical (unpaired) electrons. The Morgan fingerprint density at radius 2 is 1.75 bits per heavy atom. The highest BCUT2D eigenvalue weighted by atomic mass is 32.2. The van der Waals surface area contributed by atoms with Crippen LogP contribution in [0.1, 0.15) is 10.4 Å². The van der Waals surface area contributed by atoms with Gasteiger partial charge < -0.3 is 19.2 Å². The fourth-order valence-corrected chi connectivity index (χ4v) is 3.94. The van der Waals surface area contributed by atoms with Crippen LogP contribution >= 0.6 is 0 Å². The summed E-state index contributed by atoms with van der Waals surface area (Å²) in [5.74, 6) is -0.985. The summed E-state index contributed by atoms with van der Waals surface area (Å²) in [6, 6.07) is 16.4. The molecule has 0 saturated heterocycles. The number of nitrogens with one attached hydrogen (secondary N) is 1. The number of anilines is 1. The van der Waals surface area contributed by atoms with Gasteiger partial charge in [-0.1, -0.05) is 24.3 Å². The maximum atomic E-state index is 12.4. The monoisotopic (exact) mass is 453 g/mol. The molecule has 164 valence electrons. The Morgan fingerprint density at radius 3 is 2.50 bits per heavy atom. The molecule has 0 fully saturated rings. The third-order valence-electron chi connectivity index (χ3n) is 4.81. The highest BCUT2D eigenvalue weighted by molar-refractivity contribution is 7.90. The highest BCUT2D eigenvalue weighted by Gasteiger charge is 2.17. The van der Waals surface area contributed by atoms with Gasteiger partial charge in [-0.15, -0.1) is 0 Å². The topological polar surface area (TPSA) is 112 Å². The summed E-state index contributed by atoms with van der Waals surface area (Å²) in [6.07, 6.45) is 1.04. The molecule has 0 bridgehead atoms. The van der Waals surface area contributed by atoms with Crippen molar-refractivity contribution >= 4 is 49.3 Å². The van der Waals surface area contributed by atoms with Gasteiger partial charge in [0.1, 0.15) is 16.9 Å². The van der Waals surface area contributed by atoms with Crippen LogP contribution in [0.2, 0.25) is 0 Å². The third kappa shape index (κ3) is 4.28. The van der Waals surface area contributed by atoms with Crippen LogP contribution in [0.15, 0.2) is 70.0 Å². The zero-order valence-corrected chi connectivity index (χ0v) is 18.1.